The number of benzene rings is 1. The molecule has 3 atom stereocenters. The zero-order valence-electron chi connectivity index (χ0n) is 17.1. The molecule has 1 saturated heterocycles. The van der Waals surface area contributed by atoms with E-state index >= 15 is 0 Å². The van der Waals surface area contributed by atoms with Crippen molar-refractivity contribution < 1.29 is 13.9 Å². The van der Waals surface area contributed by atoms with Crippen molar-refractivity contribution in [3.63, 3.8) is 0 Å². The molecule has 7 nitrogen and oxygen atoms in total. The number of piperidine rings is 1. The smallest absolute Gasteiger partial charge is 0.316 e. The second-order valence-corrected chi connectivity index (χ2v) is 8.86. The first-order valence-electron chi connectivity index (χ1n) is 10.6. The van der Waals surface area contributed by atoms with Crippen molar-refractivity contribution in [3.05, 3.63) is 35.7 Å². The van der Waals surface area contributed by atoms with Gasteiger partial charge in [0.15, 0.2) is 0 Å². The van der Waals surface area contributed by atoms with Crippen LogP contribution in [0, 0.1) is 5.41 Å². The van der Waals surface area contributed by atoms with Gasteiger partial charge in [-0.15, -0.1) is 5.10 Å². The van der Waals surface area contributed by atoms with Gasteiger partial charge in [0.2, 0.25) is 11.8 Å². The fraction of sp³-hybridized carbons (Fsp3) is 0.591. The van der Waals surface area contributed by atoms with Crippen molar-refractivity contribution in [1.82, 2.24) is 15.1 Å². The number of nitrogens with zero attached hydrogens (tertiary/aromatic N) is 3. The average Bonchev–Trinajstić information content (AvgIpc) is 3.67. The Balaban J connectivity index is 1.16. The Morgan fingerprint density at radius 2 is 1.90 bits per heavy atom. The molecule has 1 N–H and O–H groups in total. The third kappa shape index (κ3) is 3.70. The van der Waals surface area contributed by atoms with E-state index in [4.69, 9.17) is 9.15 Å². The van der Waals surface area contributed by atoms with Gasteiger partial charge in [0.25, 0.3) is 0 Å². The summed E-state index contributed by atoms with van der Waals surface area (Å²) >= 11 is 0. The zero-order chi connectivity index (χ0) is 20.0. The van der Waals surface area contributed by atoms with Gasteiger partial charge in [-0.25, -0.2) is 0 Å². The van der Waals surface area contributed by atoms with E-state index in [0.29, 0.717) is 23.2 Å². The van der Waals surface area contributed by atoms with E-state index < -0.39 is 0 Å². The predicted molar refractivity (Wildman–Crippen MR) is 108 cm³/mol. The number of amides is 1. The number of anilines is 1. The van der Waals surface area contributed by atoms with Gasteiger partial charge in [0.05, 0.1) is 7.11 Å². The van der Waals surface area contributed by atoms with Crippen molar-refractivity contribution in [1.29, 1.82) is 0 Å². The van der Waals surface area contributed by atoms with Gasteiger partial charge in [0.1, 0.15) is 11.8 Å². The third-order valence-electron chi connectivity index (χ3n) is 6.90. The minimum atomic E-state index is -0.367. The highest BCUT2D eigenvalue weighted by atomic mass is 16.5. The Morgan fingerprint density at radius 3 is 2.55 bits per heavy atom. The van der Waals surface area contributed by atoms with Crippen LogP contribution in [-0.4, -0.2) is 47.2 Å². The van der Waals surface area contributed by atoms with Crippen LogP contribution < -0.4 is 10.1 Å². The fourth-order valence-corrected chi connectivity index (χ4v) is 4.53. The molecule has 1 amide bonds. The maximum atomic E-state index is 12.7. The number of carbonyl (C=O) groups excluding carboxylic acids is 1. The summed E-state index contributed by atoms with van der Waals surface area (Å²) in [6.45, 7) is 3.60. The van der Waals surface area contributed by atoms with Crippen LogP contribution in [0.1, 0.15) is 62.3 Å². The average molecular weight is 396 g/mol. The van der Waals surface area contributed by atoms with E-state index in [1.807, 2.05) is 24.0 Å². The molecule has 2 heterocycles. The van der Waals surface area contributed by atoms with Gasteiger partial charge in [-0.05, 0) is 68.1 Å². The molecule has 1 unspecified atom stereocenters. The quantitative estimate of drug-likeness (QED) is 0.804. The molecule has 7 heteroatoms. The highest BCUT2D eigenvalue weighted by Gasteiger charge is 2.46. The summed E-state index contributed by atoms with van der Waals surface area (Å²) in [5.41, 5.74) is 1.82. The Bertz CT molecular complexity index is 880. The molecule has 3 aliphatic rings. The molecule has 0 radical (unpaired) electrons. The normalized spacial score (nSPS) is 25.5. The van der Waals surface area contributed by atoms with E-state index in [9.17, 15) is 4.79 Å². The summed E-state index contributed by atoms with van der Waals surface area (Å²) < 4.78 is 11.0. The van der Waals surface area contributed by atoms with E-state index in [0.717, 1.165) is 38.1 Å². The molecule has 3 fully saturated rings. The van der Waals surface area contributed by atoms with E-state index in [-0.39, 0.29) is 17.9 Å². The van der Waals surface area contributed by atoms with Crippen molar-refractivity contribution in [2.75, 3.05) is 25.5 Å². The molecule has 1 spiro atoms. The van der Waals surface area contributed by atoms with Crippen LogP contribution in [-0.2, 0) is 4.79 Å². The number of methoxy groups -OCH3 is 1. The van der Waals surface area contributed by atoms with Gasteiger partial charge in [-0.3, -0.25) is 4.79 Å². The summed E-state index contributed by atoms with van der Waals surface area (Å²) in [7, 11) is 1.67. The number of hydrogen-bond acceptors (Lipinski definition) is 6. The van der Waals surface area contributed by atoms with Crippen molar-refractivity contribution in [2.45, 2.75) is 56.9 Å². The summed E-state index contributed by atoms with van der Waals surface area (Å²) in [6.07, 6.45) is 5.96. The highest BCUT2D eigenvalue weighted by Crippen LogP contribution is 2.55. The Labute approximate surface area is 170 Å². The number of aromatic nitrogens is 2. The monoisotopic (exact) mass is 396 g/mol. The van der Waals surface area contributed by atoms with Gasteiger partial charge >= 0.3 is 6.01 Å². The number of rotatable bonds is 6. The molecule has 1 aromatic carbocycles. The highest BCUT2D eigenvalue weighted by molar-refractivity contribution is 5.83. The van der Waals surface area contributed by atoms with Crippen molar-refractivity contribution in [3.8, 4) is 5.75 Å². The van der Waals surface area contributed by atoms with E-state index in [1.165, 1.54) is 18.4 Å². The van der Waals surface area contributed by atoms with Gasteiger partial charge < -0.3 is 19.4 Å². The van der Waals surface area contributed by atoms with Gasteiger partial charge in [-0.2, -0.15) is 0 Å². The molecule has 2 aliphatic carbocycles. The van der Waals surface area contributed by atoms with Crippen LogP contribution in [0.15, 0.2) is 28.7 Å². The number of likely N-dealkylation sites (tertiary alicyclic amines) is 1. The lowest BCUT2D eigenvalue weighted by molar-refractivity contribution is -0.133. The number of nitrogens with one attached hydrogen (secondary N) is 1. The SMILES string of the molecule is COc1ccc([C@@H]2CC2c2nnc(N[C@H](C)C(=O)N3CCC4(CC3)CC4)o2)cc1. The number of carbonyl (C=O) groups is 1. The first kappa shape index (κ1) is 18.5. The number of hydrogen-bond donors (Lipinski definition) is 1. The lowest BCUT2D eigenvalue weighted by Crippen LogP contribution is -2.45. The third-order valence-corrected chi connectivity index (χ3v) is 6.90. The van der Waals surface area contributed by atoms with Crippen LogP contribution in [0.25, 0.3) is 0 Å². The molecule has 29 heavy (non-hydrogen) atoms. The van der Waals surface area contributed by atoms with E-state index in [1.54, 1.807) is 7.11 Å². The van der Waals surface area contributed by atoms with E-state index in [2.05, 4.69) is 27.6 Å². The van der Waals surface area contributed by atoms with Crippen LogP contribution in [0.5, 0.6) is 5.75 Å². The zero-order valence-corrected chi connectivity index (χ0v) is 17.1. The molecule has 2 aromatic rings. The largest absolute Gasteiger partial charge is 0.497 e. The molecular weight excluding hydrogens is 368 g/mol. The fourth-order valence-electron chi connectivity index (χ4n) is 4.53. The maximum Gasteiger partial charge on any atom is 0.316 e. The summed E-state index contributed by atoms with van der Waals surface area (Å²) in [6, 6.07) is 8.09. The molecular formula is C22H28N4O3. The predicted octanol–water partition coefficient (Wildman–Crippen LogP) is 3.55. The topological polar surface area (TPSA) is 80.5 Å². The molecule has 1 aliphatic heterocycles. The molecule has 0 bridgehead atoms. The summed E-state index contributed by atoms with van der Waals surface area (Å²) in [5.74, 6) is 2.25. The first-order valence-corrected chi connectivity index (χ1v) is 10.6. The Morgan fingerprint density at radius 1 is 1.17 bits per heavy atom. The minimum absolute atomic E-state index is 0.114. The summed E-state index contributed by atoms with van der Waals surface area (Å²) in [4.78, 5) is 14.7. The minimum Gasteiger partial charge on any atom is -0.497 e. The lowest BCUT2D eigenvalue weighted by Gasteiger charge is -2.33. The van der Waals surface area contributed by atoms with Crippen LogP contribution in [0.3, 0.4) is 0 Å². The summed E-state index contributed by atoms with van der Waals surface area (Å²) in [5, 5.41) is 11.4. The lowest BCUT2D eigenvalue weighted by atomic mass is 9.93. The second kappa shape index (κ2) is 7.04. The van der Waals surface area contributed by atoms with Crippen LogP contribution in [0.2, 0.25) is 0 Å². The number of ether oxygens (including phenoxy) is 1. The molecule has 2 saturated carbocycles. The van der Waals surface area contributed by atoms with Crippen molar-refractivity contribution >= 4 is 11.9 Å². The molecule has 154 valence electrons. The first-order chi connectivity index (χ1) is 14.1. The molecule has 1 aromatic heterocycles. The Kier molecular flexibility index (Phi) is 4.48. The van der Waals surface area contributed by atoms with Gasteiger partial charge in [-0.1, -0.05) is 17.2 Å². The second-order valence-electron chi connectivity index (χ2n) is 8.86. The van der Waals surface area contributed by atoms with Crippen LogP contribution in [0.4, 0.5) is 6.01 Å². The standard InChI is InChI=1S/C22H28N4O3/c1-14(20(27)26-11-9-22(7-8-22)10-12-26)23-21-25-24-19(29-21)18-13-17(18)15-3-5-16(28-2)6-4-15/h3-6,14,17-18H,7-13H2,1-2H3,(H,23,25)/t14-,17+,18?/m1/s1. The van der Waals surface area contributed by atoms with Crippen molar-refractivity contribution in [2.24, 2.45) is 5.41 Å². The van der Waals surface area contributed by atoms with Crippen LogP contribution >= 0.6 is 0 Å². The maximum absolute atomic E-state index is 12.7. The van der Waals surface area contributed by atoms with Gasteiger partial charge in [0, 0.05) is 19.0 Å². The Hall–Kier alpha value is -2.57. The molecule has 5 rings (SSSR count).